The van der Waals surface area contributed by atoms with Crippen molar-refractivity contribution in [2.24, 2.45) is 4.99 Å². The number of benzene rings is 3. The number of para-hydroxylation sites is 2. The lowest BCUT2D eigenvalue weighted by Gasteiger charge is -2.08. The molecule has 0 bridgehead atoms. The summed E-state index contributed by atoms with van der Waals surface area (Å²) in [5.41, 5.74) is 8.78. The number of nitrogen functional groups attached to an aromatic ring is 1. The Labute approximate surface area is 140 Å². The summed E-state index contributed by atoms with van der Waals surface area (Å²) in [6, 6.07) is 22.3. The second-order valence-electron chi connectivity index (χ2n) is 5.31. The minimum atomic E-state index is 0.110. The molecule has 3 aromatic carbocycles. The molecular weight excluding hydrogens is 300 g/mol. The van der Waals surface area contributed by atoms with Crippen molar-refractivity contribution in [3.05, 3.63) is 83.9 Å². The van der Waals surface area contributed by atoms with Gasteiger partial charge in [-0.05, 0) is 29.8 Å². The first-order chi connectivity index (χ1) is 11.7. The number of nitrogens with zero attached hydrogens (tertiary/aromatic N) is 1. The van der Waals surface area contributed by atoms with Gasteiger partial charge in [-0.3, -0.25) is 4.99 Å². The molecule has 3 N–H and O–H groups in total. The molecule has 0 aliphatic rings. The van der Waals surface area contributed by atoms with Crippen LogP contribution in [0.25, 0.3) is 0 Å². The van der Waals surface area contributed by atoms with Gasteiger partial charge < -0.3 is 15.6 Å². The van der Waals surface area contributed by atoms with Gasteiger partial charge in [0.2, 0.25) is 0 Å². The monoisotopic (exact) mass is 318 g/mol. The maximum Gasteiger partial charge on any atom is 0.128 e. The van der Waals surface area contributed by atoms with E-state index < -0.39 is 0 Å². The van der Waals surface area contributed by atoms with E-state index in [9.17, 15) is 5.11 Å². The number of aliphatic imine (C=N–C) groups is 1. The van der Waals surface area contributed by atoms with Gasteiger partial charge in [0.15, 0.2) is 0 Å². The summed E-state index contributed by atoms with van der Waals surface area (Å²) < 4.78 is 5.69. The Morgan fingerprint density at radius 2 is 1.71 bits per heavy atom. The molecule has 0 amide bonds. The second kappa shape index (κ2) is 7.33. The van der Waals surface area contributed by atoms with Crippen molar-refractivity contribution in [3.63, 3.8) is 0 Å². The van der Waals surface area contributed by atoms with Gasteiger partial charge in [0.05, 0.1) is 11.4 Å². The average molecular weight is 318 g/mol. The third-order valence-corrected chi connectivity index (χ3v) is 3.53. The van der Waals surface area contributed by atoms with Crippen molar-refractivity contribution in [1.29, 1.82) is 0 Å². The SMILES string of the molecule is Nc1ccccc1N=Cc1ccc(OCc2ccccc2)cc1O. The molecule has 120 valence electrons. The Balaban J connectivity index is 1.69. The zero-order valence-corrected chi connectivity index (χ0v) is 13.1. The zero-order chi connectivity index (χ0) is 16.8. The molecular formula is C20H18N2O2. The van der Waals surface area contributed by atoms with Crippen LogP contribution in [0.2, 0.25) is 0 Å². The van der Waals surface area contributed by atoms with Crippen molar-refractivity contribution in [2.45, 2.75) is 6.61 Å². The Morgan fingerprint density at radius 3 is 2.46 bits per heavy atom. The first-order valence-corrected chi connectivity index (χ1v) is 7.61. The van der Waals surface area contributed by atoms with E-state index in [0.717, 1.165) is 5.56 Å². The van der Waals surface area contributed by atoms with Gasteiger partial charge in [-0.1, -0.05) is 42.5 Å². The largest absolute Gasteiger partial charge is 0.507 e. The first-order valence-electron chi connectivity index (χ1n) is 7.61. The van der Waals surface area contributed by atoms with E-state index >= 15 is 0 Å². The number of phenols is 1. The van der Waals surface area contributed by atoms with Crippen molar-refractivity contribution < 1.29 is 9.84 Å². The van der Waals surface area contributed by atoms with E-state index in [1.807, 2.05) is 48.5 Å². The maximum absolute atomic E-state index is 10.1. The van der Waals surface area contributed by atoms with Gasteiger partial charge in [-0.25, -0.2) is 0 Å². The summed E-state index contributed by atoms with van der Waals surface area (Å²) in [4.78, 5) is 4.31. The van der Waals surface area contributed by atoms with Gasteiger partial charge in [0, 0.05) is 17.8 Å². The molecule has 0 radical (unpaired) electrons. The predicted octanol–water partition coefficient (Wildman–Crippen LogP) is 4.30. The Kier molecular flexibility index (Phi) is 4.77. The second-order valence-corrected chi connectivity index (χ2v) is 5.31. The molecule has 0 aromatic heterocycles. The van der Waals surface area contributed by atoms with Crippen LogP contribution in [-0.2, 0) is 6.61 Å². The third kappa shape index (κ3) is 3.93. The van der Waals surface area contributed by atoms with Gasteiger partial charge >= 0.3 is 0 Å². The number of ether oxygens (including phenoxy) is 1. The topological polar surface area (TPSA) is 67.8 Å². The highest BCUT2D eigenvalue weighted by molar-refractivity contribution is 5.86. The number of hydrogen-bond donors (Lipinski definition) is 2. The van der Waals surface area contributed by atoms with Crippen LogP contribution in [0.15, 0.2) is 77.8 Å². The molecule has 0 spiro atoms. The van der Waals surface area contributed by atoms with E-state index in [-0.39, 0.29) is 5.75 Å². The van der Waals surface area contributed by atoms with E-state index in [2.05, 4.69) is 4.99 Å². The lowest BCUT2D eigenvalue weighted by atomic mass is 10.2. The van der Waals surface area contributed by atoms with Crippen LogP contribution < -0.4 is 10.5 Å². The highest BCUT2D eigenvalue weighted by atomic mass is 16.5. The summed E-state index contributed by atoms with van der Waals surface area (Å²) in [7, 11) is 0. The third-order valence-electron chi connectivity index (χ3n) is 3.53. The molecule has 0 saturated carbocycles. The van der Waals surface area contributed by atoms with E-state index in [4.69, 9.17) is 10.5 Å². The van der Waals surface area contributed by atoms with Crippen molar-refractivity contribution in [2.75, 3.05) is 5.73 Å². The highest BCUT2D eigenvalue weighted by Gasteiger charge is 2.03. The number of anilines is 1. The first kappa shape index (κ1) is 15.6. The van der Waals surface area contributed by atoms with Crippen LogP contribution in [0.4, 0.5) is 11.4 Å². The molecule has 24 heavy (non-hydrogen) atoms. The number of nitrogens with two attached hydrogens (primary N) is 1. The molecule has 0 aliphatic carbocycles. The number of hydrogen-bond acceptors (Lipinski definition) is 4. The fourth-order valence-electron chi connectivity index (χ4n) is 2.21. The Morgan fingerprint density at radius 1 is 0.958 bits per heavy atom. The highest BCUT2D eigenvalue weighted by Crippen LogP contribution is 2.25. The lowest BCUT2D eigenvalue weighted by Crippen LogP contribution is -1.95. The summed E-state index contributed by atoms with van der Waals surface area (Å²) in [6.45, 7) is 0.453. The van der Waals surface area contributed by atoms with Crippen molar-refractivity contribution in [1.82, 2.24) is 0 Å². The Hall–Kier alpha value is -3.27. The molecule has 4 nitrogen and oxygen atoms in total. The standard InChI is InChI=1S/C20H18N2O2/c21-18-8-4-5-9-19(18)22-13-16-10-11-17(12-20(16)23)24-14-15-6-2-1-3-7-15/h1-13,23H,14,21H2. The minimum Gasteiger partial charge on any atom is -0.507 e. The normalized spacial score (nSPS) is 10.8. The summed E-state index contributed by atoms with van der Waals surface area (Å²) in [5.74, 6) is 0.714. The van der Waals surface area contributed by atoms with Gasteiger partial charge in [0.1, 0.15) is 18.1 Å². The smallest absolute Gasteiger partial charge is 0.128 e. The Bertz CT molecular complexity index is 845. The fourth-order valence-corrected chi connectivity index (χ4v) is 2.21. The van der Waals surface area contributed by atoms with Crippen molar-refractivity contribution >= 4 is 17.6 Å². The van der Waals surface area contributed by atoms with E-state index in [1.165, 1.54) is 0 Å². The van der Waals surface area contributed by atoms with Crippen molar-refractivity contribution in [3.8, 4) is 11.5 Å². The minimum absolute atomic E-state index is 0.110. The summed E-state index contributed by atoms with van der Waals surface area (Å²) in [6.07, 6.45) is 1.59. The van der Waals surface area contributed by atoms with Crippen LogP contribution >= 0.6 is 0 Å². The van der Waals surface area contributed by atoms with Crippen LogP contribution in [0.1, 0.15) is 11.1 Å². The average Bonchev–Trinajstić information content (AvgIpc) is 2.61. The van der Waals surface area contributed by atoms with Crippen LogP contribution in [0, 0.1) is 0 Å². The lowest BCUT2D eigenvalue weighted by molar-refractivity contribution is 0.304. The molecule has 0 aliphatic heterocycles. The van der Waals surface area contributed by atoms with Crippen LogP contribution in [0.3, 0.4) is 0 Å². The van der Waals surface area contributed by atoms with Gasteiger partial charge in [-0.15, -0.1) is 0 Å². The molecule has 3 aromatic rings. The maximum atomic E-state index is 10.1. The molecule has 0 unspecified atom stereocenters. The quantitative estimate of drug-likeness (QED) is 0.544. The van der Waals surface area contributed by atoms with E-state index in [0.29, 0.717) is 29.3 Å². The van der Waals surface area contributed by atoms with E-state index in [1.54, 1.807) is 30.5 Å². The molecule has 0 atom stereocenters. The number of aromatic hydroxyl groups is 1. The zero-order valence-electron chi connectivity index (χ0n) is 13.1. The number of phenolic OH excluding ortho intramolecular Hbond substituents is 1. The van der Waals surface area contributed by atoms with Gasteiger partial charge in [-0.2, -0.15) is 0 Å². The molecule has 4 heteroatoms. The van der Waals surface area contributed by atoms with Crippen LogP contribution in [-0.4, -0.2) is 11.3 Å². The molecule has 0 heterocycles. The molecule has 0 saturated heterocycles. The summed E-state index contributed by atoms with van der Waals surface area (Å²) >= 11 is 0. The predicted molar refractivity (Wildman–Crippen MR) is 97.0 cm³/mol. The molecule has 0 fully saturated rings. The number of rotatable bonds is 5. The molecule has 3 rings (SSSR count). The summed E-state index contributed by atoms with van der Waals surface area (Å²) in [5, 5.41) is 10.1. The fraction of sp³-hybridized carbons (Fsp3) is 0.0500. The van der Waals surface area contributed by atoms with Crippen LogP contribution in [0.5, 0.6) is 11.5 Å². The van der Waals surface area contributed by atoms with Gasteiger partial charge in [0.25, 0.3) is 0 Å².